The fraction of sp³-hybridized carbons (Fsp3) is 0.750. The van der Waals surface area contributed by atoms with E-state index in [4.69, 9.17) is 11.6 Å². The molecule has 0 aliphatic carbocycles. The minimum Gasteiger partial charge on any atom is -0.354 e. The van der Waals surface area contributed by atoms with Gasteiger partial charge in [-0.2, -0.15) is 26.7 Å². The van der Waals surface area contributed by atoms with E-state index >= 15 is 0 Å². The fourth-order valence-electron chi connectivity index (χ4n) is 1.68. The Kier molecular flexibility index (Phi) is 7.23. The number of thioether (sulfide) groups is 1. The lowest BCUT2D eigenvalue weighted by atomic mass is 10.2. The normalized spacial score (nSPS) is 12.3. The molecule has 1 heterocycles. The lowest BCUT2D eigenvalue weighted by Gasteiger charge is -2.19. The highest BCUT2D eigenvalue weighted by Gasteiger charge is 2.10. The zero-order valence-electron chi connectivity index (χ0n) is 12.0. The molecule has 108 valence electrons. The van der Waals surface area contributed by atoms with Crippen molar-refractivity contribution < 1.29 is 0 Å². The van der Waals surface area contributed by atoms with E-state index in [2.05, 4.69) is 47.3 Å². The summed E-state index contributed by atoms with van der Waals surface area (Å²) in [6, 6.07) is 0. The number of hydrogen-bond acceptors (Lipinski definition) is 6. The van der Waals surface area contributed by atoms with Crippen LogP contribution in [0.3, 0.4) is 0 Å². The van der Waals surface area contributed by atoms with Gasteiger partial charge in [0.1, 0.15) is 0 Å². The van der Waals surface area contributed by atoms with Gasteiger partial charge in [-0.25, -0.2) is 0 Å². The molecule has 0 saturated heterocycles. The molecule has 1 aromatic heterocycles. The van der Waals surface area contributed by atoms with Crippen molar-refractivity contribution in [2.24, 2.45) is 5.92 Å². The molecule has 1 rings (SSSR count). The Morgan fingerprint density at radius 1 is 1.26 bits per heavy atom. The van der Waals surface area contributed by atoms with Crippen molar-refractivity contribution in [3.8, 4) is 0 Å². The third kappa shape index (κ3) is 5.40. The highest BCUT2D eigenvalue weighted by molar-refractivity contribution is 7.98. The fourth-order valence-corrected chi connectivity index (χ4v) is 2.52. The molecule has 0 bridgehead atoms. The zero-order chi connectivity index (χ0) is 14.3. The Labute approximate surface area is 124 Å². The third-order valence-electron chi connectivity index (χ3n) is 2.70. The van der Waals surface area contributed by atoms with E-state index in [1.165, 1.54) is 0 Å². The molecule has 1 N–H and O–H groups in total. The summed E-state index contributed by atoms with van der Waals surface area (Å²) in [5.74, 6) is 2.84. The van der Waals surface area contributed by atoms with Crippen LogP contribution in [0.15, 0.2) is 0 Å². The van der Waals surface area contributed by atoms with Crippen LogP contribution in [-0.2, 0) is 0 Å². The molecule has 0 saturated carbocycles. The van der Waals surface area contributed by atoms with Crippen LogP contribution in [0.1, 0.15) is 20.8 Å². The van der Waals surface area contributed by atoms with E-state index in [-0.39, 0.29) is 5.28 Å². The van der Waals surface area contributed by atoms with Gasteiger partial charge in [-0.1, -0.05) is 6.92 Å². The van der Waals surface area contributed by atoms with Crippen molar-refractivity contribution in [1.82, 2.24) is 15.0 Å². The van der Waals surface area contributed by atoms with Crippen molar-refractivity contribution >= 4 is 35.3 Å². The van der Waals surface area contributed by atoms with Crippen molar-refractivity contribution in [3.63, 3.8) is 0 Å². The van der Waals surface area contributed by atoms with Gasteiger partial charge in [-0.15, -0.1) is 0 Å². The molecular weight excluding hydrogens is 282 g/mol. The van der Waals surface area contributed by atoms with Gasteiger partial charge in [0.15, 0.2) is 0 Å². The van der Waals surface area contributed by atoms with Gasteiger partial charge in [-0.05, 0) is 43.4 Å². The van der Waals surface area contributed by atoms with Crippen molar-refractivity contribution in [1.29, 1.82) is 0 Å². The third-order valence-corrected chi connectivity index (χ3v) is 3.77. The highest BCUT2D eigenvalue weighted by atomic mass is 35.5. The zero-order valence-corrected chi connectivity index (χ0v) is 13.6. The van der Waals surface area contributed by atoms with Gasteiger partial charge in [0.05, 0.1) is 0 Å². The Hall–Kier alpha value is -0.750. The molecule has 19 heavy (non-hydrogen) atoms. The first kappa shape index (κ1) is 16.3. The highest BCUT2D eigenvalue weighted by Crippen LogP contribution is 2.14. The molecular formula is C12H22ClN5S. The SMILES string of the molecule is CCN(CC)c1nc(Cl)nc(NCC(C)CSC)n1. The Morgan fingerprint density at radius 2 is 1.95 bits per heavy atom. The van der Waals surface area contributed by atoms with Crippen LogP contribution in [0.2, 0.25) is 5.28 Å². The second-order valence-electron chi connectivity index (χ2n) is 4.34. The Balaban J connectivity index is 2.73. The van der Waals surface area contributed by atoms with Gasteiger partial charge in [-0.3, -0.25) is 0 Å². The first-order chi connectivity index (χ1) is 9.10. The van der Waals surface area contributed by atoms with Crippen LogP contribution >= 0.6 is 23.4 Å². The van der Waals surface area contributed by atoms with E-state index in [1.807, 2.05) is 16.7 Å². The maximum Gasteiger partial charge on any atom is 0.231 e. The summed E-state index contributed by atoms with van der Waals surface area (Å²) in [4.78, 5) is 14.7. The van der Waals surface area contributed by atoms with Crippen molar-refractivity contribution in [2.45, 2.75) is 20.8 Å². The summed E-state index contributed by atoms with van der Waals surface area (Å²) in [5.41, 5.74) is 0. The molecule has 0 fully saturated rings. The molecule has 0 amide bonds. The molecule has 0 spiro atoms. The predicted octanol–water partition coefficient (Wildman–Crippen LogP) is 2.78. The average molecular weight is 304 g/mol. The molecule has 0 aliphatic heterocycles. The maximum absolute atomic E-state index is 5.95. The Morgan fingerprint density at radius 3 is 2.53 bits per heavy atom. The van der Waals surface area contributed by atoms with E-state index in [1.54, 1.807) is 0 Å². The first-order valence-corrected chi connectivity index (χ1v) is 8.27. The number of nitrogens with one attached hydrogen (secondary N) is 1. The van der Waals surface area contributed by atoms with Gasteiger partial charge in [0.25, 0.3) is 0 Å². The van der Waals surface area contributed by atoms with Crippen LogP contribution in [0, 0.1) is 5.92 Å². The molecule has 5 nitrogen and oxygen atoms in total. The number of halogens is 1. The minimum absolute atomic E-state index is 0.233. The monoisotopic (exact) mass is 303 g/mol. The van der Waals surface area contributed by atoms with Gasteiger partial charge in [0.2, 0.25) is 17.2 Å². The number of anilines is 2. The van der Waals surface area contributed by atoms with Crippen LogP contribution in [0.4, 0.5) is 11.9 Å². The molecule has 0 aromatic carbocycles. The lowest BCUT2D eigenvalue weighted by Crippen LogP contribution is -2.25. The van der Waals surface area contributed by atoms with Crippen LogP contribution < -0.4 is 10.2 Å². The lowest BCUT2D eigenvalue weighted by molar-refractivity contribution is 0.695. The number of hydrogen-bond donors (Lipinski definition) is 1. The van der Waals surface area contributed by atoms with E-state index < -0.39 is 0 Å². The summed E-state index contributed by atoms with van der Waals surface area (Å²) in [6.07, 6.45) is 2.11. The molecule has 1 unspecified atom stereocenters. The van der Waals surface area contributed by atoms with Gasteiger partial charge in [0, 0.05) is 19.6 Å². The van der Waals surface area contributed by atoms with E-state index in [0.29, 0.717) is 17.8 Å². The van der Waals surface area contributed by atoms with Crippen LogP contribution in [0.5, 0.6) is 0 Å². The minimum atomic E-state index is 0.233. The molecule has 0 radical (unpaired) electrons. The second-order valence-corrected chi connectivity index (χ2v) is 5.59. The van der Waals surface area contributed by atoms with E-state index in [9.17, 15) is 0 Å². The quantitative estimate of drug-likeness (QED) is 0.797. The molecule has 1 aromatic rings. The van der Waals surface area contributed by atoms with E-state index in [0.717, 1.165) is 25.4 Å². The maximum atomic E-state index is 5.95. The number of nitrogens with zero attached hydrogens (tertiary/aromatic N) is 4. The summed E-state index contributed by atoms with van der Waals surface area (Å²) in [5, 5.41) is 3.46. The van der Waals surface area contributed by atoms with Crippen molar-refractivity contribution in [2.75, 3.05) is 41.9 Å². The topological polar surface area (TPSA) is 53.9 Å². The number of aromatic nitrogens is 3. The molecule has 0 aliphatic rings. The molecule has 1 atom stereocenters. The second kappa shape index (κ2) is 8.43. The largest absolute Gasteiger partial charge is 0.354 e. The number of rotatable bonds is 8. The van der Waals surface area contributed by atoms with Crippen LogP contribution in [0.25, 0.3) is 0 Å². The van der Waals surface area contributed by atoms with Crippen LogP contribution in [-0.4, -0.2) is 46.6 Å². The van der Waals surface area contributed by atoms with Gasteiger partial charge < -0.3 is 10.2 Å². The summed E-state index contributed by atoms with van der Waals surface area (Å²) < 4.78 is 0. The average Bonchev–Trinajstić information content (AvgIpc) is 2.38. The van der Waals surface area contributed by atoms with Gasteiger partial charge >= 0.3 is 0 Å². The molecule has 7 heteroatoms. The Bertz CT molecular complexity index is 386. The predicted molar refractivity (Wildman–Crippen MR) is 84.4 cm³/mol. The first-order valence-electron chi connectivity index (χ1n) is 6.50. The van der Waals surface area contributed by atoms with Crippen molar-refractivity contribution in [3.05, 3.63) is 5.28 Å². The summed E-state index contributed by atoms with van der Waals surface area (Å²) in [6.45, 7) is 8.85. The smallest absolute Gasteiger partial charge is 0.231 e. The summed E-state index contributed by atoms with van der Waals surface area (Å²) in [7, 11) is 0. The summed E-state index contributed by atoms with van der Waals surface area (Å²) >= 11 is 7.79. The standard InChI is InChI=1S/C12H22ClN5S/c1-5-18(6-2)12-16-10(13)15-11(17-12)14-7-9(3)8-19-4/h9H,5-8H2,1-4H3,(H,14,15,16,17).